The van der Waals surface area contributed by atoms with Gasteiger partial charge < -0.3 is 15.8 Å². The number of aromatic nitrogens is 2. The van der Waals surface area contributed by atoms with Crippen molar-refractivity contribution in [1.29, 1.82) is 0 Å². The molecule has 1 aromatic carbocycles. The fraction of sp³-hybridized carbons (Fsp3) is 0.286. The van der Waals surface area contributed by atoms with E-state index in [2.05, 4.69) is 15.3 Å². The first-order valence-electron chi connectivity index (χ1n) is 6.33. The third kappa shape index (κ3) is 2.72. The highest BCUT2D eigenvalue weighted by atomic mass is 16.5. The van der Waals surface area contributed by atoms with Gasteiger partial charge in [0.1, 0.15) is 12.4 Å². The minimum absolute atomic E-state index is 0.00396. The van der Waals surface area contributed by atoms with Crippen molar-refractivity contribution in [2.24, 2.45) is 0 Å². The molecule has 1 aliphatic rings. The van der Waals surface area contributed by atoms with E-state index in [1.807, 2.05) is 30.3 Å². The van der Waals surface area contributed by atoms with Gasteiger partial charge in [-0.15, -0.1) is 0 Å². The Hall–Kier alpha value is -1.98. The van der Waals surface area contributed by atoms with Gasteiger partial charge in [-0.3, -0.25) is 0 Å². The zero-order valence-electron chi connectivity index (χ0n) is 10.5. The van der Waals surface area contributed by atoms with Crippen molar-refractivity contribution in [2.45, 2.75) is 6.10 Å². The molecule has 0 spiro atoms. The van der Waals surface area contributed by atoms with Crippen molar-refractivity contribution >= 4 is 5.69 Å². The highest BCUT2D eigenvalue weighted by molar-refractivity contribution is 5.61. The normalized spacial score (nSPS) is 19.3. The zero-order valence-corrected chi connectivity index (χ0v) is 10.5. The van der Waals surface area contributed by atoms with Gasteiger partial charge >= 0.3 is 0 Å². The molecule has 3 N–H and O–H groups in total. The summed E-state index contributed by atoms with van der Waals surface area (Å²) >= 11 is 0. The predicted molar refractivity (Wildman–Crippen MR) is 73.4 cm³/mol. The minimum atomic E-state index is 0.00396. The van der Waals surface area contributed by atoms with Crippen LogP contribution in [0.5, 0.6) is 0 Å². The maximum absolute atomic E-state index is 5.70. The van der Waals surface area contributed by atoms with E-state index in [0.29, 0.717) is 6.61 Å². The maximum atomic E-state index is 5.70. The van der Waals surface area contributed by atoms with Crippen LogP contribution in [0.1, 0.15) is 11.8 Å². The van der Waals surface area contributed by atoms with Gasteiger partial charge in [-0.05, 0) is 18.2 Å². The number of nitrogen functional groups attached to an aromatic ring is 1. The number of benzene rings is 1. The average Bonchev–Trinajstić information content (AvgIpc) is 2.49. The summed E-state index contributed by atoms with van der Waals surface area (Å²) in [6, 6.07) is 9.64. The zero-order chi connectivity index (χ0) is 13.1. The Balaban J connectivity index is 1.88. The van der Waals surface area contributed by atoms with Crippen molar-refractivity contribution in [1.82, 2.24) is 15.3 Å². The number of anilines is 1. The first-order valence-corrected chi connectivity index (χ1v) is 6.33. The fourth-order valence-corrected chi connectivity index (χ4v) is 2.12. The van der Waals surface area contributed by atoms with Gasteiger partial charge in [0.15, 0.2) is 0 Å². The smallest absolute Gasteiger partial charge is 0.116 e. The van der Waals surface area contributed by atoms with E-state index < -0.39 is 0 Å². The molecule has 5 nitrogen and oxygen atoms in total. The number of hydrogen-bond acceptors (Lipinski definition) is 5. The van der Waals surface area contributed by atoms with E-state index in [-0.39, 0.29) is 6.10 Å². The monoisotopic (exact) mass is 256 g/mol. The molecule has 2 aromatic rings. The molecule has 1 aromatic heterocycles. The molecule has 1 aliphatic heterocycles. The summed E-state index contributed by atoms with van der Waals surface area (Å²) in [4.78, 5) is 8.61. The van der Waals surface area contributed by atoms with Crippen LogP contribution in [0.2, 0.25) is 0 Å². The summed E-state index contributed by atoms with van der Waals surface area (Å²) in [5.41, 5.74) is 9.27. The van der Waals surface area contributed by atoms with Gasteiger partial charge in [0.25, 0.3) is 0 Å². The molecule has 0 aliphatic carbocycles. The van der Waals surface area contributed by atoms with E-state index in [4.69, 9.17) is 10.5 Å². The number of nitrogens with one attached hydrogen (secondary N) is 1. The quantitative estimate of drug-likeness (QED) is 0.794. The minimum Gasteiger partial charge on any atom is -0.399 e. The number of nitrogens with two attached hydrogens (primary N) is 1. The standard InChI is InChI=1S/C14H16N4O/c15-11-3-1-10(2-4-11)12-7-13(18-9-17-12)14-8-16-5-6-19-14/h1-4,7,9,14,16H,5-6,8,15H2. The van der Waals surface area contributed by atoms with Crippen LogP contribution in [0.25, 0.3) is 11.3 Å². The van der Waals surface area contributed by atoms with Crippen LogP contribution in [-0.4, -0.2) is 29.7 Å². The summed E-state index contributed by atoms with van der Waals surface area (Å²) in [6.45, 7) is 2.40. The average molecular weight is 256 g/mol. The van der Waals surface area contributed by atoms with Crippen molar-refractivity contribution in [3.05, 3.63) is 42.4 Å². The van der Waals surface area contributed by atoms with Crippen LogP contribution in [0.3, 0.4) is 0 Å². The van der Waals surface area contributed by atoms with E-state index >= 15 is 0 Å². The Morgan fingerprint density at radius 1 is 1.21 bits per heavy atom. The largest absolute Gasteiger partial charge is 0.399 e. The number of nitrogens with zero attached hydrogens (tertiary/aromatic N) is 2. The van der Waals surface area contributed by atoms with Gasteiger partial charge in [0.2, 0.25) is 0 Å². The summed E-state index contributed by atoms with van der Waals surface area (Å²) in [5, 5.41) is 3.30. The van der Waals surface area contributed by atoms with E-state index in [9.17, 15) is 0 Å². The van der Waals surface area contributed by atoms with Crippen LogP contribution in [-0.2, 0) is 4.74 Å². The Kier molecular flexibility index (Phi) is 3.39. The molecule has 0 amide bonds. The molecule has 19 heavy (non-hydrogen) atoms. The number of ether oxygens (including phenoxy) is 1. The highest BCUT2D eigenvalue weighted by Crippen LogP contribution is 2.22. The summed E-state index contributed by atoms with van der Waals surface area (Å²) in [6.07, 6.45) is 1.59. The third-order valence-electron chi connectivity index (χ3n) is 3.15. The number of hydrogen-bond donors (Lipinski definition) is 2. The van der Waals surface area contributed by atoms with Crippen LogP contribution in [0.4, 0.5) is 5.69 Å². The molecule has 1 fully saturated rings. The summed E-state index contributed by atoms with van der Waals surface area (Å²) in [7, 11) is 0. The molecular formula is C14H16N4O. The fourth-order valence-electron chi connectivity index (χ4n) is 2.12. The van der Waals surface area contributed by atoms with Crippen LogP contribution >= 0.6 is 0 Å². The summed E-state index contributed by atoms with van der Waals surface area (Å²) < 4.78 is 5.70. The lowest BCUT2D eigenvalue weighted by atomic mass is 10.1. The summed E-state index contributed by atoms with van der Waals surface area (Å²) in [5.74, 6) is 0. The van der Waals surface area contributed by atoms with Crippen molar-refractivity contribution in [2.75, 3.05) is 25.4 Å². The second-order valence-electron chi connectivity index (χ2n) is 4.51. The Bertz CT molecular complexity index is 550. The van der Waals surface area contributed by atoms with Crippen molar-refractivity contribution in [3.63, 3.8) is 0 Å². The molecule has 0 saturated carbocycles. The van der Waals surface area contributed by atoms with E-state index in [1.165, 1.54) is 0 Å². The Morgan fingerprint density at radius 2 is 2.05 bits per heavy atom. The lowest BCUT2D eigenvalue weighted by Crippen LogP contribution is -2.33. The van der Waals surface area contributed by atoms with Crippen LogP contribution in [0, 0.1) is 0 Å². The first-order chi connectivity index (χ1) is 9.33. The molecule has 1 saturated heterocycles. The number of rotatable bonds is 2. The molecule has 0 radical (unpaired) electrons. The molecule has 1 atom stereocenters. The lowest BCUT2D eigenvalue weighted by molar-refractivity contribution is 0.0250. The predicted octanol–water partition coefficient (Wildman–Crippen LogP) is 1.39. The molecule has 98 valence electrons. The van der Waals surface area contributed by atoms with E-state index in [1.54, 1.807) is 6.33 Å². The molecular weight excluding hydrogens is 240 g/mol. The SMILES string of the molecule is Nc1ccc(-c2cc(C3CNCCO3)ncn2)cc1. The molecule has 5 heteroatoms. The van der Waals surface area contributed by atoms with Crippen LogP contribution < -0.4 is 11.1 Å². The second-order valence-corrected chi connectivity index (χ2v) is 4.51. The molecule has 2 heterocycles. The van der Waals surface area contributed by atoms with Crippen molar-refractivity contribution in [3.8, 4) is 11.3 Å². The van der Waals surface area contributed by atoms with Gasteiger partial charge in [-0.1, -0.05) is 12.1 Å². The van der Waals surface area contributed by atoms with Crippen molar-refractivity contribution < 1.29 is 4.74 Å². The lowest BCUT2D eigenvalue weighted by Gasteiger charge is -2.23. The van der Waals surface area contributed by atoms with Gasteiger partial charge in [-0.2, -0.15) is 0 Å². The Labute approximate surface area is 111 Å². The molecule has 3 rings (SSSR count). The first kappa shape index (κ1) is 12.1. The van der Waals surface area contributed by atoms with Gasteiger partial charge in [0, 0.05) is 24.3 Å². The second kappa shape index (κ2) is 5.34. The maximum Gasteiger partial charge on any atom is 0.116 e. The van der Waals surface area contributed by atoms with Gasteiger partial charge in [-0.25, -0.2) is 9.97 Å². The van der Waals surface area contributed by atoms with E-state index in [0.717, 1.165) is 35.7 Å². The van der Waals surface area contributed by atoms with Gasteiger partial charge in [0.05, 0.1) is 18.0 Å². The Morgan fingerprint density at radius 3 is 2.79 bits per heavy atom. The molecule has 1 unspecified atom stereocenters. The highest BCUT2D eigenvalue weighted by Gasteiger charge is 2.17. The topological polar surface area (TPSA) is 73.1 Å². The third-order valence-corrected chi connectivity index (χ3v) is 3.15. The molecule has 0 bridgehead atoms. The number of morpholine rings is 1. The van der Waals surface area contributed by atoms with Crippen LogP contribution in [0.15, 0.2) is 36.7 Å².